The summed E-state index contributed by atoms with van der Waals surface area (Å²) < 4.78 is 0. The molecule has 0 spiro atoms. The van der Waals surface area contributed by atoms with E-state index in [4.69, 9.17) is 0 Å². The summed E-state index contributed by atoms with van der Waals surface area (Å²) in [5, 5.41) is 3.50. The van der Waals surface area contributed by atoms with Crippen molar-refractivity contribution in [3.8, 4) is 0 Å². The highest BCUT2D eigenvalue weighted by Gasteiger charge is 2.15. The lowest BCUT2D eigenvalue weighted by Gasteiger charge is -2.22. The monoisotopic (exact) mass is 191 g/mol. The lowest BCUT2D eigenvalue weighted by atomic mass is 10.2. The molecule has 0 amide bonds. The zero-order chi connectivity index (χ0) is 9.80. The average Bonchev–Trinajstić information content (AvgIpc) is 2.72. The van der Waals surface area contributed by atoms with E-state index in [0.717, 1.165) is 6.54 Å². The van der Waals surface area contributed by atoms with Gasteiger partial charge in [0.15, 0.2) is 0 Å². The van der Waals surface area contributed by atoms with Gasteiger partial charge in [-0.25, -0.2) is 0 Å². The molecule has 1 N–H and O–H groups in total. The molecule has 0 aliphatic carbocycles. The van der Waals surface area contributed by atoms with Gasteiger partial charge < -0.3 is 10.2 Å². The number of nitrogens with one attached hydrogen (secondary N) is 1. The Hall–Kier alpha value is -1.09. The van der Waals surface area contributed by atoms with Gasteiger partial charge in [0, 0.05) is 37.7 Å². The van der Waals surface area contributed by atoms with E-state index in [1.165, 1.54) is 25.1 Å². The van der Waals surface area contributed by atoms with Crippen molar-refractivity contribution in [2.24, 2.45) is 0 Å². The van der Waals surface area contributed by atoms with Gasteiger partial charge in [-0.1, -0.05) is 0 Å². The fraction of sp³-hybridized carbons (Fsp3) is 0.545. The van der Waals surface area contributed by atoms with Crippen LogP contribution in [-0.2, 0) is 0 Å². The normalized spacial score (nSPS) is 21.1. The molecule has 1 aromatic heterocycles. The molecular formula is C11H17N3. The maximum absolute atomic E-state index is 4.02. The van der Waals surface area contributed by atoms with Crippen LogP contribution in [0.5, 0.6) is 0 Å². The molecule has 1 aliphatic rings. The summed E-state index contributed by atoms with van der Waals surface area (Å²) in [7, 11) is 2.13. The molecule has 2 heterocycles. The first-order chi connectivity index (χ1) is 6.86. The van der Waals surface area contributed by atoms with E-state index in [1.54, 1.807) is 0 Å². The average molecular weight is 191 g/mol. The number of anilines is 1. The summed E-state index contributed by atoms with van der Waals surface area (Å²) in [5.74, 6) is 0. The summed E-state index contributed by atoms with van der Waals surface area (Å²) in [6.07, 6.45) is 6.30. The second-order valence-electron chi connectivity index (χ2n) is 3.88. The molecule has 1 aromatic rings. The number of pyridine rings is 1. The van der Waals surface area contributed by atoms with Gasteiger partial charge in [-0.15, -0.1) is 0 Å². The van der Waals surface area contributed by atoms with E-state index in [2.05, 4.69) is 34.4 Å². The Morgan fingerprint density at radius 3 is 2.93 bits per heavy atom. The molecule has 0 unspecified atom stereocenters. The predicted molar refractivity (Wildman–Crippen MR) is 58.5 cm³/mol. The van der Waals surface area contributed by atoms with E-state index in [-0.39, 0.29) is 0 Å². The first-order valence-corrected chi connectivity index (χ1v) is 5.21. The summed E-state index contributed by atoms with van der Waals surface area (Å²) in [5.41, 5.74) is 1.24. The summed E-state index contributed by atoms with van der Waals surface area (Å²) in [6, 6.07) is 4.76. The number of likely N-dealkylation sites (N-methyl/N-ethyl adjacent to an activating group) is 1. The molecule has 14 heavy (non-hydrogen) atoms. The summed E-state index contributed by atoms with van der Waals surface area (Å²) in [4.78, 5) is 6.30. The van der Waals surface area contributed by atoms with Crippen molar-refractivity contribution in [3.05, 3.63) is 24.5 Å². The van der Waals surface area contributed by atoms with Crippen LogP contribution in [0.1, 0.15) is 12.8 Å². The Morgan fingerprint density at radius 1 is 1.50 bits per heavy atom. The summed E-state index contributed by atoms with van der Waals surface area (Å²) >= 11 is 0. The highest BCUT2D eigenvalue weighted by Crippen LogP contribution is 2.13. The van der Waals surface area contributed by atoms with Gasteiger partial charge in [0.2, 0.25) is 0 Å². The van der Waals surface area contributed by atoms with Gasteiger partial charge >= 0.3 is 0 Å². The molecule has 3 heteroatoms. The van der Waals surface area contributed by atoms with Crippen molar-refractivity contribution in [2.45, 2.75) is 18.9 Å². The van der Waals surface area contributed by atoms with E-state index < -0.39 is 0 Å². The van der Waals surface area contributed by atoms with Crippen LogP contribution in [-0.4, -0.2) is 31.2 Å². The first kappa shape index (κ1) is 9.46. The molecule has 3 nitrogen and oxygen atoms in total. The van der Waals surface area contributed by atoms with Crippen molar-refractivity contribution in [1.29, 1.82) is 0 Å². The van der Waals surface area contributed by atoms with Gasteiger partial charge in [-0.3, -0.25) is 4.98 Å². The van der Waals surface area contributed by atoms with Gasteiger partial charge in [0.05, 0.1) is 0 Å². The molecule has 0 aromatic carbocycles. The second kappa shape index (κ2) is 4.42. The van der Waals surface area contributed by atoms with Gasteiger partial charge in [0.25, 0.3) is 0 Å². The number of hydrogen-bond acceptors (Lipinski definition) is 3. The number of nitrogens with zero attached hydrogens (tertiary/aromatic N) is 2. The van der Waals surface area contributed by atoms with Crippen LogP contribution in [0.4, 0.5) is 5.69 Å². The molecule has 2 rings (SSSR count). The fourth-order valence-electron chi connectivity index (χ4n) is 1.95. The molecule has 1 saturated heterocycles. The Morgan fingerprint density at radius 2 is 2.29 bits per heavy atom. The van der Waals surface area contributed by atoms with E-state index in [0.29, 0.717) is 6.04 Å². The zero-order valence-corrected chi connectivity index (χ0v) is 8.61. The summed E-state index contributed by atoms with van der Waals surface area (Å²) in [6.45, 7) is 2.26. The molecule has 1 atom stereocenters. The molecular weight excluding hydrogens is 174 g/mol. The van der Waals surface area contributed by atoms with E-state index in [9.17, 15) is 0 Å². The Balaban J connectivity index is 1.92. The Kier molecular flexibility index (Phi) is 2.99. The Labute approximate surface area is 85.1 Å². The molecule has 1 aliphatic heterocycles. The minimum absolute atomic E-state index is 0.660. The third-order valence-electron chi connectivity index (χ3n) is 2.76. The SMILES string of the molecule is CN(C[C@@H]1CCCN1)c1ccncc1. The third kappa shape index (κ3) is 2.23. The van der Waals surface area contributed by atoms with E-state index in [1.807, 2.05) is 12.4 Å². The van der Waals surface area contributed by atoms with Crippen LogP contribution in [0.3, 0.4) is 0 Å². The lowest BCUT2D eigenvalue weighted by molar-refractivity contribution is 0.600. The van der Waals surface area contributed by atoms with Crippen molar-refractivity contribution >= 4 is 5.69 Å². The van der Waals surface area contributed by atoms with Crippen LogP contribution in [0.15, 0.2) is 24.5 Å². The van der Waals surface area contributed by atoms with Crippen LogP contribution in [0, 0.1) is 0 Å². The van der Waals surface area contributed by atoms with Crippen LogP contribution in [0.2, 0.25) is 0 Å². The quantitative estimate of drug-likeness (QED) is 0.780. The maximum Gasteiger partial charge on any atom is 0.0395 e. The van der Waals surface area contributed by atoms with E-state index >= 15 is 0 Å². The van der Waals surface area contributed by atoms with Gasteiger partial charge in [-0.2, -0.15) is 0 Å². The van der Waals surface area contributed by atoms with Crippen molar-refractivity contribution < 1.29 is 0 Å². The second-order valence-corrected chi connectivity index (χ2v) is 3.88. The molecule has 0 bridgehead atoms. The first-order valence-electron chi connectivity index (χ1n) is 5.21. The van der Waals surface area contributed by atoms with Crippen molar-refractivity contribution in [3.63, 3.8) is 0 Å². The highest BCUT2D eigenvalue weighted by atomic mass is 15.1. The van der Waals surface area contributed by atoms with Crippen molar-refractivity contribution in [1.82, 2.24) is 10.3 Å². The minimum atomic E-state index is 0.660. The highest BCUT2D eigenvalue weighted by molar-refractivity contribution is 5.43. The zero-order valence-electron chi connectivity index (χ0n) is 8.61. The topological polar surface area (TPSA) is 28.2 Å². The standard InChI is InChI=1S/C11H17N3/c1-14(9-10-3-2-6-13-10)11-4-7-12-8-5-11/h4-5,7-8,10,13H,2-3,6,9H2,1H3/t10-/m0/s1. The largest absolute Gasteiger partial charge is 0.373 e. The van der Waals surface area contributed by atoms with Crippen LogP contribution < -0.4 is 10.2 Å². The number of hydrogen-bond donors (Lipinski definition) is 1. The fourth-order valence-corrected chi connectivity index (χ4v) is 1.95. The molecule has 76 valence electrons. The van der Waals surface area contributed by atoms with Gasteiger partial charge in [0.1, 0.15) is 0 Å². The number of aromatic nitrogens is 1. The minimum Gasteiger partial charge on any atom is -0.373 e. The molecule has 1 fully saturated rings. The van der Waals surface area contributed by atoms with Crippen molar-refractivity contribution in [2.75, 3.05) is 25.0 Å². The molecule has 0 saturated carbocycles. The predicted octanol–water partition coefficient (Wildman–Crippen LogP) is 1.27. The van der Waals surface area contributed by atoms with Gasteiger partial charge in [-0.05, 0) is 31.5 Å². The third-order valence-corrected chi connectivity index (χ3v) is 2.76. The smallest absolute Gasteiger partial charge is 0.0395 e. The molecule has 0 radical (unpaired) electrons. The maximum atomic E-state index is 4.02. The Bertz CT molecular complexity index is 267. The number of rotatable bonds is 3. The van der Waals surface area contributed by atoms with Crippen LogP contribution in [0.25, 0.3) is 0 Å². The van der Waals surface area contributed by atoms with Crippen LogP contribution >= 0.6 is 0 Å². The lowest BCUT2D eigenvalue weighted by Crippen LogP contribution is -2.35.